The molecule has 2 aromatic heterocycles. The monoisotopic (exact) mass is 331 g/mol. The molecule has 0 aliphatic rings. The van der Waals surface area contributed by atoms with Crippen molar-refractivity contribution in [1.82, 2.24) is 15.8 Å². The summed E-state index contributed by atoms with van der Waals surface area (Å²) in [7, 11) is 0. The minimum absolute atomic E-state index is 0.0319. The summed E-state index contributed by atoms with van der Waals surface area (Å²) in [5.74, 6) is -1.36. The van der Waals surface area contributed by atoms with Crippen LogP contribution in [0.3, 0.4) is 0 Å². The van der Waals surface area contributed by atoms with Crippen molar-refractivity contribution in [1.29, 1.82) is 0 Å². The maximum atomic E-state index is 12.3. The number of amides is 2. The Bertz CT molecular complexity index is 947. The Labute approximate surface area is 134 Å². The topological polar surface area (TPSA) is 104 Å². The number of aromatic amines is 1. The van der Waals surface area contributed by atoms with Crippen molar-refractivity contribution in [2.24, 2.45) is 0 Å². The molecule has 0 spiro atoms. The lowest BCUT2D eigenvalue weighted by Crippen LogP contribution is -2.43. The van der Waals surface area contributed by atoms with E-state index in [0.29, 0.717) is 10.5 Å². The number of fused-ring (bicyclic) bond motifs is 1. The van der Waals surface area contributed by atoms with Crippen LogP contribution in [-0.2, 0) is 0 Å². The average Bonchev–Trinajstić information content (AvgIpc) is 3.08. The number of aromatic nitrogens is 1. The van der Waals surface area contributed by atoms with Gasteiger partial charge < -0.3 is 9.40 Å². The van der Waals surface area contributed by atoms with Gasteiger partial charge in [-0.1, -0.05) is 11.6 Å². The number of hydrazine groups is 1. The van der Waals surface area contributed by atoms with E-state index in [1.54, 1.807) is 12.1 Å². The minimum atomic E-state index is -0.756. The molecule has 0 aliphatic carbocycles. The van der Waals surface area contributed by atoms with Gasteiger partial charge in [0, 0.05) is 22.1 Å². The molecule has 3 N–H and O–H groups in total. The molecule has 7 nitrogen and oxygen atoms in total. The van der Waals surface area contributed by atoms with E-state index in [4.69, 9.17) is 16.0 Å². The van der Waals surface area contributed by atoms with Crippen molar-refractivity contribution in [2.75, 3.05) is 0 Å². The zero-order chi connectivity index (χ0) is 16.4. The fourth-order valence-corrected chi connectivity index (χ4v) is 2.18. The highest BCUT2D eigenvalue weighted by molar-refractivity contribution is 6.31. The number of nitrogens with one attached hydrogen (secondary N) is 3. The number of furan rings is 1. The molecule has 3 aromatic rings. The Morgan fingerprint density at radius 3 is 2.65 bits per heavy atom. The second kappa shape index (κ2) is 5.98. The molecule has 8 heteroatoms. The summed E-state index contributed by atoms with van der Waals surface area (Å²) < 4.78 is 4.88. The summed E-state index contributed by atoms with van der Waals surface area (Å²) in [6, 6.07) is 7.71. The highest BCUT2D eigenvalue weighted by Crippen LogP contribution is 2.14. The number of benzene rings is 1. The van der Waals surface area contributed by atoms with Crippen molar-refractivity contribution in [3.05, 3.63) is 69.4 Å². The van der Waals surface area contributed by atoms with E-state index in [9.17, 15) is 14.4 Å². The number of halogens is 1. The van der Waals surface area contributed by atoms with Crippen molar-refractivity contribution in [3.8, 4) is 0 Å². The number of H-pyrrole nitrogens is 1. The summed E-state index contributed by atoms with van der Waals surface area (Å²) >= 11 is 5.86. The SMILES string of the molecule is O=C(NNC(=O)c1c[nH]c2ccc(Cl)cc2c1=O)c1ccco1. The van der Waals surface area contributed by atoms with Crippen LogP contribution in [-0.4, -0.2) is 16.8 Å². The lowest BCUT2D eigenvalue weighted by atomic mass is 10.1. The summed E-state index contributed by atoms with van der Waals surface area (Å²) in [6.45, 7) is 0. The van der Waals surface area contributed by atoms with E-state index in [1.807, 2.05) is 0 Å². The summed E-state index contributed by atoms with van der Waals surface area (Å²) in [6.07, 6.45) is 2.60. The number of carbonyl (C=O) groups excluding carboxylic acids is 2. The van der Waals surface area contributed by atoms with Crippen LogP contribution in [0.2, 0.25) is 5.02 Å². The van der Waals surface area contributed by atoms with E-state index >= 15 is 0 Å². The van der Waals surface area contributed by atoms with Gasteiger partial charge in [-0.15, -0.1) is 0 Å². The summed E-state index contributed by atoms with van der Waals surface area (Å²) in [4.78, 5) is 38.9. The zero-order valence-corrected chi connectivity index (χ0v) is 12.3. The molecule has 0 atom stereocenters. The molecule has 0 radical (unpaired) electrons. The van der Waals surface area contributed by atoms with Crippen LogP contribution in [0.4, 0.5) is 0 Å². The first-order valence-corrected chi connectivity index (χ1v) is 6.89. The second-order valence-corrected chi connectivity index (χ2v) is 5.04. The van der Waals surface area contributed by atoms with Gasteiger partial charge in [0.25, 0.3) is 5.91 Å². The standard InChI is InChI=1S/C15H10ClN3O4/c16-8-3-4-11-9(6-8)13(20)10(7-17-11)14(21)18-19-15(22)12-2-1-5-23-12/h1-7H,(H,17,20)(H,18,21)(H,19,22). The Morgan fingerprint density at radius 2 is 1.91 bits per heavy atom. The van der Waals surface area contributed by atoms with Gasteiger partial charge in [0.1, 0.15) is 5.56 Å². The van der Waals surface area contributed by atoms with Crippen LogP contribution >= 0.6 is 11.6 Å². The Morgan fingerprint density at radius 1 is 1.13 bits per heavy atom. The smallest absolute Gasteiger partial charge is 0.305 e. The Hall–Kier alpha value is -3.06. The molecule has 0 aliphatic heterocycles. The highest BCUT2D eigenvalue weighted by atomic mass is 35.5. The first-order valence-electron chi connectivity index (χ1n) is 6.51. The van der Waals surface area contributed by atoms with Crippen LogP contribution in [0.15, 0.2) is 52.0 Å². The van der Waals surface area contributed by atoms with Crippen LogP contribution in [0, 0.1) is 0 Å². The number of carbonyl (C=O) groups is 2. The molecule has 0 saturated carbocycles. The molecular weight excluding hydrogens is 322 g/mol. The number of pyridine rings is 1. The number of rotatable bonds is 2. The maximum absolute atomic E-state index is 12.3. The predicted molar refractivity (Wildman–Crippen MR) is 83.2 cm³/mol. The van der Waals surface area contributed by atoms with Gasteiger partial charge in [-0.3, -0.25) is 25.2 Å². The van der Waals surface area contributed by atoms with Gasteiger partial charge in [0.15, 0.2) is 5.76 Å². The molecule has 0 bridgehead atoms. The largest absolute Gasteiger partial charge is 0.459 e. The van der Waals surface area contributed by atoms with E-state index in [-0.39, 0.29) is 16.7 Å². The molecule has 116 valence electrons. The van der Waals surface area contributed by atoms with Crippen LogP contribution in [0.25, 0.3) is 10.9 Å². The van der Waals surface area contributed by atoms with Gasteiger partial charge >= 0.3 is 5.91 Å². The van der Waals surface area contributed by atoms with Crippen molar-refractivity contribution in [2.45, 2.75) is 0 Å². The fourth-order valence-electron chi connectivity index (χ4n) is 2.01. The molecule has 0 saturated heterocycles. The van der Waals surface area contributed by atoms with Gasteiger partial charge in [-0.2, -0.15) is 0 Å². The van der Waals surface area contributed by atoms with Gasteiger partial charge in [-0.05, 0) is 30.3 Å². The first-order chi connectivity index (χ1) is 11.1. The molecular formula is C15H10ClN3O4. The first kappa shape index (κ1) is 14.9. The van der Waals surface area contributed by atoms with E-state index in [0.717, 1.165) is 0 Å². The van der Waals surface area contributed by atoms with Gasteiger partial charge in [-0.25, -0.2) is 0 Å². The summed E-state index contributed by atoms with van der Waals surface area (Å²) in [5, 5.41) is 0.661. The third kappa shape index (κ3) is 2.95. The van der Waals surface area contributed by atoms with Gasteiger partial charge in [0.2, 0.25) is 5.43 Å². The van der Waals surface area contributed by atoms with Crippen LogP contribution in [0.5, 0.6) is 0 Å². The fraction of sp³-hybridized carbons (Fsp3) is 0. The molecule has 0 unspecified atom stereocenters. The number of hydrogen-bond acceptors (Lipinski definition) is 4. The van der Waals surface area contributed by atoms with Crippen molar-refractivity contribution >= 4 is 34.3 Å². The molecule has 0 fully saturated rings. The van der Waals surface area contributed by atoms with Crippen LogP contribution < -0.4 is 16.3 Å². The maximum Gasteiger partial charge on any atom is 0.305 e. The lowest BCUT2D eigenvalue weighted by molar-refractivity contribution is 0.0830. The summed E-state index contributed by atoms with van der Waals surface area (Å²) in [5.41, 5.74) is 4.22. The molecule has 23 heavy (non-hydrogen) atoms. The Kier molecular flexibility index (Phi) is 3.86. The lowest BCUT2D eigenvalue weighted by Gasteiger charge is -2.06. The van der Waals surface area contributed by atoms with E-state index in [1.165, 1.54) is 30.7 Å². The highest BCUT2D eigenvalue weighted by Gasteiger charge is 2.15. The van der Waals surface area contributed by atoms with E-state index in [2.05, 4.69) is 15.8 Å². The molecule has 1 aromatic carbocycles. The van der Waals surface area contributed by atoms with Crippen molar-refractivity contribution in [3.63, 3.8) is 0 Å². The third-order valence-corrected chi connectivity index (χ3v) is 3.36. The molecule has 2 heterocycles. The quantitative estimate of drug-likeness (QED) is 0.623. The Balaban J connectivity index is 1.82. The molecule has 2 amide bonds. The average molecular weight is 332 g/mol. The van der Waals surface area contributed by atoms with E-state index < -0.39 is 17.2 Å². The normalized spacial score (nSPS) is 10.5. The predicted octanol–water partition coefficient (Wildman–Crippen LogP) is 1.85. The second-order valence-electron chi connectivity index (χ2n) is 4.61. The molecule has 3 rings (SSSR count). The minimum Gasteiger partial charge on any atom is -0.459 e. The van der Waals surface area contributed by atoms with Crippen molar-refractivity contribution < 1.29 is 14.0 Å². The zero-order valence-electron chi connectivity index (χ0n) is 11.6. The van der Waals surface area contributed by atoms with Crippen LogP contribution in [0.1, 0.15) is 20.9 Å². The third-order valence-electron chi connectivity index (χ3n) is 3.12. The number of hydrogen-bond donors (Lipinski definition) is 3. The van der Waals surface area contributed by atoms with Gasteiger partial charge in [0.05, 0.1) is 6.26 Å².